The predicted molar refractivity (Wildman–Crippen MR) is 89.2 cm³/mol. The van der Waals surface area contributed by atoms with Crippen LogP contribution in [0.5, 0.6) is 0 Å². The third-order valence-corrected chi connectivity index (χ3v) is 3.98. The highest BCUT2D eigenvalue weighted by Crippen LogP contribution is 2.41. The number of amides is 3. The molecule has 0 bridgehead atoms. The molecule has 0 fully saturated rings. The van der Waals surface area contributed by atoms with Crippen molar-refractivity contribution in [2.75, 3.05) is 11.6 Å². The van der Waals surface area contributed by atoms with E-state index in [1.165, 1.54) is 10.0 Å². The maximum Gasteiger partial charge on any atom is 0.334 e. The number of rotatable bonds is 3. The third kappa shape index (κ3) is 2.28. The number of allylic oxidation sites excluding steroid dienone is 1. The largest absolute Gasteiger partial charge is 0.361 e. The highest BCUT2D eigenvalue weighted by atomic mass is 16.2. The van der Waals surface area contributed by atoms with Crippen LogP contribution in [0.3, 0.4) is 0 Å². The number of anilines is 1. The molecule has 0 aliphatic carbocycles. The first-order valence-electron chi connectivity index (χ1n) is 7.41. The van der Waals surface area contributed by atoms with Crippen LogP contribution in [0.2, 0.25) is 0 Å². The molecular weight excluding hydrogens is 292 g/mol. The molecule has 0 spiro atoms. The van der Waals surface area contributed by atoms with Crippen molar-refractivity contribution < 1.29 is 9.59 Å². The Kier molecular flexibility index (Phi) is 3.65. The first-order valence-corrected chi connectivity index (χ1v) is 7.41. The van der Waals surface area contributed by atoms with Crippen LogP contribution in [0.15, 0.2) is 42.6 Å². The zero-order valence-corrected chi connectivity index (χ0v) is 13.0. The van der Waals surface area contributed by atoms with Crippen LogP contribution in [-0.4, -0.2) is 28.5 Å². The molecule has 2 aromatic rings. The standard InChI is InChI=1S/C17H18N4O2/c1-3-20(17(18)23)21-14-9-5-4-7-12(14)15(16(21)22)11(2)13-8-6-10-19-13/h4-10,19H,3H2,1-2H3,(H2,18,23). The fraction of sp³-hybridized carbons (Fsp3) is 0.176. The summed E-state index contributed by atoms with van der Waals surface area (Å²) in [6, 6.07) is 10.5. The van der Waals surface area contributed by atoms with Crippen LogP contribution in [0.4, 0.5) is 10.5 Å². The minimum absolute atomic E-state index is 0.251. The van der Waals surface area contributed by atoms with Crippen molar-refractivity contribution in [3.63, 3.8) is 0 Å². The number of hydrogen-bond acceptors (Lipinski definition) is 2. The van der Waals surface area contributed by atoms with Crippen LogP contribution in [0.25, 0.3) is 11.1 Å². The van der Waals surface area contributed by atoms with Crippen LogP contribution >= 0.6 is 0 Å². The van der Waals surface area contributed by atoms with Crippen LogP contribution in [-0.2, 0) is 4.79 Å². The average Bonchev–Trinajstić information content (AvgIpc) is 3.15. The smallest absolute Gasteiger partial charge is 0.334 e. The van der Waals surface area contributed by atoms with Gasteiger partial charge in [0.15, 0.2) is 0 Å². The number of aromatic nitrogens is 1. The molecule has 2 heterocycles. The summed E-state index contributed by atoms with van der Waals surface area (Å²) in [5.74, 6) is -0.251. The van der Waals surface area contributed by atoms with E-state index in [0.29, 0.717) is 17.8 Å². The summed E-state index contributed by atoms with van der Waals surface area (Å²) in [5, 5.41) is 2.61. The van der Waals surface area contributed by atoms with Crippen molar-refractivity contribution in [2.24, 2.45) is 5.73 Å². The SMILES string of the molecule is CCN(C(N)=O)N1C(=O)C(=C(C)c2ccc[nH]2)c2ccccc21. The molecule has 0 saturated carbocycles. The lowest BCUT2D eigenvalue weighted by Crippen LogP contribution is -2.50. The van der Waals surface area contributed by atoms with E-state index in [2.05, 4.69) is 4.98 Å². The monoisotopic (exact) mass is 310 g/mol. The van der Waals surface area contributed by atoms with Gasteiger partial charge in [0.05, 0.1) is 11.3 Å². The summed E-state index contributed by atoms with van der Waals surface area (Å²) in [4.78, 5) is 27.8. The van der Waals surface area contributed by atoms with Crippen LogP contribution in [0.1, 0.15) is 25.1 Å². The number of nitrogens with one attached hydrogen (secondary N) is 1. The first-order chi connectivity index (χ1) is 11.1. The van der Waals surface area contributed by atoms with Gasteiger partial charge < -0.3 is 10.7 Å². The van der Waals surface area contributed by atoms with Gasteiger partial charge >= 0.3 is 6.03 Å². The second-order valence-corrected chi connectivity index (χ2v) is 5.27. The van der Waals surface area contributed by atoms with E-state index < -0.39 is 6.03 Å². The highest BCUT2D eigenvalue weighted by Gasteiger charge is 2.38. The zero-order chi connectivity index (χ0) is 16.6. The lowest BCUT2D eigenvalue weighted by atomic mass is 10.0. The van der Waals surface area contributed by atoms with E-state index in [0.717, 1.165) is 16.8 Å². The van der Waals surface area contributed by atoms with Gasteiger partial charge in [-0.25, -0.2) is 14.8 Å². The van der Waals surface area contributed by atoms with E-state index in [4.69, 9.17) is 5.73 Å². The quantitative estimate of drug-likeness (QED) is 0.854. The molecule has 6 nitrogen and oxygen atoms in total. The van der Waals surface area contributed by atoms with Gasteiger partial charge in [0.1, 0.15) is 0 Å². The number of primary amides is 1. The molecule has 6 heteroatoms. The summed E-state index contributed by atoms with van der Waals surface area (Å²) in [5.41, 5.74) is 9.16. The molecule has 1 aromatic carbocycles. The molecule has 3 amide bonds. The number of hydrogen-bond donors (Lipinski definition) is 2. The second-order valence-electron chi connectivity index (χ2n) is 5.27. The van der Waals surface area contributed by atoms with Crippen molar-refractivity contribution in [1.82, 2.24) is 9.99 Å². The molecule has 1 aliphatic heterocycles. The lowest BCUT2D eigenvalue weighted by molar-refractivity contribution is -0.115. The molecule has 0 saturated heterocycles. The highest BCUT2D eigenvalue weighted by molar-refractivity contribution is 6.37. The Morgan fingerprint density at radius 1 is 1.26 bits per heavy atom. The van der Waals surface area contributed by atoms with E-state index in [1.54, 1.807) is 6.92 Å². The van der Waals surface area contributed by atoms with Crippen molar-refractivity contribution in [1.29, 1.82) is 0 Å². The number of para-hydroxylation sites is 1. The molecule has 0 atom stereocenters. The molecule has 1 aromatic heterocycles. The number of benzene rings is 1. The number of carbonyl (C=O) groups excluding carboxylic acids is 2. The maximum absolute atomic E-state index is 13.0. The van der Waals surface area contributed by atoms with Gasteiger partial charge in [0, 0.05) is 24.0 Å². The van der Waals surface area contributed by atoms with Gasteiger partial charge in [-0.15, -0.1) is 0 Å². The van der Waals surface area contributed by atoms with Gasteiger partial charge in [-0.1, -0.05) is 18.2 Å². The van der Waals surface area contributed by atoms with E-state index in [1.807, 2.05) is 49.5 Å². The van der Waals surface area contributed by atoms with Crippen molar-refractivity contribution in [3.8, 4) is 0 Å². The predicted octanol–water partition coefficient (Wildman–Crippen LogP) is 2.61. The Bertz CT molecular complexity index is 793. The molecule has 23 heavy (non-hydrogen) atoms. The normalized spacial score (nSPS) is 15.6. The second kappa shape index (κ2) is 5.64. The van der Waals surface area contributed by atoms with Gasteiger partial charge in [-0.05, 0) is 37.6 Å². The minimum atomic E-state index is -0.658. The Morgan fingerprint density at radius 2 is 2.00 bits per heavy atom. The number of nitrogens with zero attached hydrogens (tertiary/aromatic N) is 2. The Balaban J connectivity index is 2.20. The average molecular weight is 310 g/mol. The van der Waals surface area contributed by atoms with Gasteiger partial charge in [-0.2, -0.15) is 0 Å². The van der Waals surface area contributed by atoms with Gasteiger partial charge in [0.25, 0.3) is 5.91 Å². The summed E-state index contributed by atoms with van der Waals surface area (Å²) >= 11 is 0. The third-order valence-electron chi connectivity index (χ3n) is 3.98. The zero-order valence-electron chi connectivity index (χ0n) is 13.0. The fourth-order valence-corrected chi connectivity index (χ4v) is 2.90. The Morgan fingerprint density at radius 3 is 2.61 bits per heavy atom. The number of urea groups is 1. The minimum Gasteiger partial charge on any atom is -0.361 e. The van der Waals surface area contributed by atoms with E-state index in [9.17, 15) is 9.59 Å². The topological polar surface area (TPSA) is 82.4 Å². The van der Waals surface area contributed by atoms with E-state index >= 15 is 0 Å². The molecule has 0 radical (unpaired) electrons. The molecule has 118 valence electrons. The fourth-order valence-electron chi connectivity index (χ4n) is 2.90. The van der Waals surface area contributed by atoms with Crippen LogP contribution < -0.4 is 10.7 Å². The van der Waals surface area contributed by atoms with Crippen molar-refractivity contribution in [2.45, 2.75) is 13.8 Å². The molecular formula is C17H18N4O2. The van der Waals surface area contributed by atoms with Gasteiger partial charge in [0.2, 0.25) is 0 Å². The number of nitrogens with two attached hydrogens (primary N) is 1. The maximum atomic E-state index is 13.0. The first kappa shape index (κ1) is 14.9. The molecule has 1 aliphatic rings. The van der Waals surface area contributed by atoms with Gasteiger partial charge in [-0.3, -0.25) is 4.79 Å². The van der Waals surface area contributed by atoms with E-state index in [-0.39, 0.29) is 5.91 Å². The Labute approximate surface area is 134 Å². The van der Waals surface area contributed by atoms with Crippen LogP contribution in [0, 0.1) is 0 Å². The summed E-state index contributed by atoms with van der Waals surface area (Å²) < 4.78 is 0. The number of fused-ring (bicyclic) bond motifs is 1. The number of H-pyrrole nitrogens is 1. The number of carbonyl (C=O) groups is 2. The van der Waals surface area contributed by atoms with Crippen molar-refractivity contribution in [3.05, 3.63) is 53.9 Å². The number of aromatic amines is 1. The molecule has 3 N–H and O–H groups in total. The van der Waals surface area contributed by atoms with Crippen molar-refractivity contribution >= 4 is 28.8 Å². The molecule has 0 unspecified atom stereocenters. The summed E-state index contributed by atoms with van der Waals surface area (Å²) in [6.07, 6.45) is 1.81. The summed E-state index contributed by atoms with van der Waals surface area (Å²) in [7, 11) is 0. The number of hydrazine groups is 1. The lowest BCUT2D eigenvalue weighted by Gasteiger charge is -2.29. The summed E-state index contributed by atoms with van der Waals surface area (Å²) in [6.45, 7) is 3.98. The Hall–Kier alpha value is -3.02. The molecule has 3 rings (SSSR count).